The zero-order chi connectivity index (χ0) is 17.1. The van der Waals surface area contributed by atoms with E-state index in [4.69, 9.17) is 0 Å². The maximum atomic E-state index is 12.5. The highest BCUT2D eigenvalue weighted by Gasteiger charge is 2.28. The zero-order valence-corrected chi connectivity index (χ0v) is 16.7. The molecule has 2 heterocycles. The summed E-state index contributed by atoms with van der Waals surface area (Å²) in [5.41, 5.74) is 1.89. The Labute approximate surface area is 162 Å². The van der Waals surface area contributed by atoms with Crippen molar-refractivity contribution in [1.82, 2.24) is 19.8 Å². The molecule has 0 saturated carbocycles. The van der Waals surface area contributed by atoms with E-state index in [1.165, 1.54) is 0 Å². The summed E-state index contributed by atoms with van der Waals surface area (Å²) < 4.78 is 3.02. The van der Waals surface area contributed by atoms with Crippen LogP contribution in [0.2, 0.25) is 0 Å². The van der Waals surface area contributed by atoms with Gasteiger partial charge in [0.1, 0.15) is 5.82 Å². The second-order valence-electron chi connectivity index (χ2n) is 6.09. The first-order valence-corrected chi connectivity index (χ1v) is 8.82. The molecule has 1 aliphatic rings. The largest absolute Gasteiger partial charge is 0.337 e. The molecule has 25 heavy (non-hydrogen) atoms. The number of piperazine rings is 1. The fraction of sp³-hybridized carbons (Fsp3) is 0.412. The highest BCUT2D eigenvalue weighted by atomic mass is 79.9. The first kappa shape index (κ1) is 19.9. The number of nitrogens with one attached hydrogen (secondary N) is 2. The third-order valence-corrected chi connectivity index (χ3v) is 4.81. The summed E-state index contributed by atoms with van der Waals surface area (Å²) in [5, 5.41) is 6.40. The quantitative estimate of drug-likeness (QED) is 0.785. The van der Waals surface area contributed by atoms with Crippen molar-refractivity contribution in [1.29, 1.82) is 0 Å². The second-order valence-corrected chi connectivity index (χ2v) is 7.01. The first-order chi connectivity index (χ1) is 11.5. The van der Waals surface area contributed by atoms with Crippen LogP contribution in [0.1, 0.15) is 17.4 Å². The standard InChI is InChI=1S/C17H22BrN5O.ClH/c1-12-9-13(18)3-4-14(12)21-16(24)11-23-8-5-19-10-15(23)17-20-6-7-22(17)2;/h3-4,6-7,9,15,19H,5,8,10-11H2,1-2H3,(H,21,24);1H. The van der Waals surface area contributed by atoms with Crippen molar-refractivity contribution in [3.8, 4) is 0 Å². The Morgan fingerprint density at radius 1 is 1.48 bits per heavy atom. The molecular formula is C17H23BrClN5O. The van der Waals surface area contributed by atoms with Crippen LogP contribution in [0.15, 0.2) is 35.1 Å². The van der Waals surface area contributed by atoms with Gasteiger partial charge in [-0.15, -0.1) is 12.4 Å². The SMILES string of the molecule is Cc1cc(Br)ccc1NC(=O)CN1CCNCC1c1nccn1C.Cl. The molecule has 0 bridgehead atoms. The maximum Gasteiger partial charge on any atom is 0.238 e. The molecule has 3 rings (SSSR count). The molecule has 1 unspecified atom stereocenters. The molecule has 1 atom stereocenters. The molecule has 1 fully saturated rings. The Morgan fingerprint density at radius 2 is 2.28 bits per heavy atom. The van der Waals surface area contributed by atoms with Crippen molar-refractivity contribution in [2.75, 3.05) is 31.5 Å². The number of imidazole rings is 1. The number of hydrogen-bond donors (Lipinski definition) is 2. The van der Waals surface area contributed by atoms with Gasteiger partial charge in [-0.05, 0) is 30.7 Å². The van der Waals surface area contributed by atoms with Gasteiger partial charge in [-0.25, -0.2) is 4.98 Å². The smallest absolute Gasteiger partial charge is 0.238 e. The van der Waals surface area contributed by atoms with Crippen molar-refractivity contribution in [2.24, 2.45) is 7.05 Å². The van der Waals surface area contributed by atoms with Gasteiger partial charge in [0.25, 0.3) is 0 Å². The maximum absolute atomic E-state index is 12.5. The number of benzene rings is 1. The molecule has 0 aliphatic carbocycles. The molecule has 1 aromatic carbocycles. The molecule has 136 valence electrons. The Morgan fingerprint density at radius 3 is 2.96 bits per heavy atom. The van der Waals surface area contributed by atoms with E-state index in [2.05, 4.69) is 36.4 Å². The van der Waals surface area contributed by atoms with E-state index in [0.717, 1.165) is 41.2 Å². The number of carbonyl (C=O) groups is 1. The number of aryl methyl sites for hydroxylation is 2. The molecule has 2 N–H and O–H groups in total. The molecule has 1 aliphatic heterocycles. The summed E-state index contributed by atoms with van der Waals surface area (Å²) in [6.45, 7) is 4.85. The van der Waals surface area contributed by atoms with Crippen LogP contribution in [0.5, 0.6) is 0 Å². The van der Waals surface area contributed by atoms with Crippen LogP contribution in [0.3, 0.4) is 0 Å². The Balaban J connectivity index is 0.00000225. The summed E-state index contributed by atoms with van der Waals surface area (Å²) in [4.78, 5) is 19.1. The van der Waals surface area contributed by atoms with E-state index in [9.17, 15) is 4.79 Å². The molecule has 1 saturated heterocycles. The lowest BCUT2D eigenvalue weighted by molar-refractivity contribution is -0.118. The molecule has 2 aromatic rings. The van der Waals surface area contributed by atoms with Gasteiger partial charge in [-0.3, -0.25) is 9.69 Å². The van der Waals surface area contributed by atoms with E-state index < -0.39 is 0 Å². The lowest BCUT2D eigenvalue weighted by Crippen LogP contribution is -2.49. The minimum atomic E-state index is 0. The average molecular weight is 429 g/mol. The molecule has 1 amide bonds. The van der Waals surface area contributed by atoms with E-state index in [-0.39, 0.29) is 24.4 Å². The number of amides is 1. The van der Waals surface area contributed by atoms with Crippen molar-refractivity contribution in [2.45, 2.75) is 13.0 Å². The predicted octanol–water partition coefficient (Wildman–Crippen LogP) is 2.50. The Bertz CT molecular complexity index is 736. The molecular weight excluding hydrogens is 406 g/mol. The fourth-order valence-electron chi connectivity index (χ4n) is 3.03. The van der Waals surface area contributed by atoms with Crippen LogP contribution in [0.4, 0.5) is 5.69 Å². The normalized spacial score (nSPS) is 17.8. The Kier molecular flexibility index (Phi) is 7.01. The van der Waals surface area contributed by atoms with Crippen LogP contribution in [0.25, 0.3) is 0 Å². The molecule has 6 nitrogen and oxygen atoms in total. The number of aromatic nitrogens is 2. The Hall–Kier alpha value is -1.41. The summed E-state index contributed by atoms with van der Waals surface area (Å²) in [7, 11) is 1.99. The predicted molar refractivity (Wildman–Crippen MR) is 105 cm³/mol. The minimum Gasteiger partial charge on any atom is -0.337 e. The molecule has 1 aromatic heterocycles. The average Bonchev–Trinajstić information content (AvgIpc) is 2.97. The van der Waals surface area contributed by atoms with Crippen LogP contribution in [-0.2, 0) is 11.8 Å². The van der Waals surface area contributed by atoms with Crippen molar-refractivity contribution in [3.63, 3.8) is 0 Å². The number of halogens is 2. The second kappa shape index (κ2) is 8.80. The number of hydrogen-bond acceptors (Lipinski definition) is 4. The third kappa shape index (κ3) is 4.82. The fourth-order valence-corrected chi connectivity index (χ4v) is 3.51. The van der Waals surface area contributed by atoms with Gasteiger partial charge in [0.2, 0.25) is 5.91 Å². The monoisotopic (exact) mass is 427 g/mol. The highest BCUT2D eigenvalue weighted by molar-refractivity contribution is 9.10. The molecule has 0 spiro atoms. The van der Waals surface area contributed by atoms with E-state index >= 15 is 0 Å². The van der Waals surface area contributed by atoms with Gasteiger partial charge in [0.15, 0.2) is 0 Å². The zero-order valence-electron chi connectivity index (χ0n) is 14.3. The molecule has 0 radical (unpaired) electrons. The summed E-state index contributed by atoms with van der Waals surface area (Å²) >= 11 is 3.44. The number of nitrogens with zero attached hydrogens (tertiary/aromatic N) is 3. The number of carbonyl (C=O) groups excluding carboxylic acids is 1. The molecule has 8 heteroatoms. The lowest BCUT2D eigenvalue weighted by Gasteiger charge is -2.35. The van der Waals surface area contributed by atoms with Crippen molar-refractivity contribution >= 4 is 39.9 Å². The van der Waals surface area contributed by atoms with Crippen molar-refractivity contribution in [3.05, 3.63) is 46.5 Å². The van der Waals surface area contributed by atoms with Gasteiger partial charge < -0.3 is 15.2 Å². The highest BCUT2D eigenvalue weighted by Crippen LogP contribution is 2.22. The van der Waals surface area contributed by atoms with Gasteiger partial charge in [0.05, 0.1) is 12.6 Å². The summed E-state index contributed by atoms with van der Waals surface area (Å²) in [6, 6.07) is 5.96. The van der Waals surface area contributed by atoms with Crippen LogP contribution < -0.4 is 10.6 Å². The number of rotatable bonds is 4. The first-order valence-electron chi connectivity index (χ1n) is 8.02. The van der Waals surface area contributed by atoms with E-state index in [1.54, 1.807) is 6.20 Å². The number of anilines is 1. The van der Waals surface area contributed by atoms with Gasteiger partial charge in [-0.1, -0.05) is 15.9 Å². The van der Waals surface area contributed by atoms with Crippen LogP contribution in [-0.4, -0.2) is 46.5 Å². The van der Waals surface area contributed by atoms with Crippen LogP contribution >= 0.6 is 28.3 Å². The third-order valence-electron chi connectivity index (χ3n) is 4.32. The van der Waals surface area contributed by atoms with E-state index in [1.807, 2.05) is 42.9 Å². The van der Waals surface area contributed by atoms with Gasteiger partial charge in [0, 0.05) is 49.2 Å². The minimum absolute atomic E-state index is 0. The van der Waals surface area contributed by atoms with E-state index in [0.29, 0.717) is 6.54 Å². The summed E-state index contributed by atoms with van der Waals surface area (Å²) in [6.07, 6.45) is 3.74. The van der Waals surface area contributed by atoms with Gasteiger partial charge in [-0.2, -0.15) is 0 Å². The summed E-state index contributed by atoms with van der Waals surface area (Å²) in [5.74, 6) is 0.983. The van der Waals surface area contributed by atoms with Crippen LogP contribution in [0, 0.1) is 6.92 Å². The lowest BCUT2D eigenvalue weighted by atomic mass is 10.1. The topological polar surface area (TPSA) is 62.2 Å². The van der Waals surface area contributed by atoms with Crippen molar-refractivity contribution < 1.29 is 4.79 Å². The van der Waals surface area contributed by atoms with Gasteiger partial charge >= 0.3 is 0 Å².